The Morgan fingerprint density at radius 2 is 1.58 bits per heavy atom. The van der Waals surface area contributed by atoms with E-state index in [-0.39, 0.29) is 11.8 Å². The molecule has 6 nitrogen and oxygen atoms in total. The summed E-state index contributed by atoms with van der Waals surface area (Å²) in [5, 5.41) is 4.55. The third kappa shape index (κ3) is 3.46. The number of hydrogen-bond donors (Lipinski definition) is 0. The van der Waals surface area contributed by atoms with Gasteiger partial charge in [0.25, 0.3) is 11.8 Å². The number of aromatic nitrogens is 2. The molecular weight excluding hydrogens is 352 g/mol. The summed E-state index contributed by atoms with van der Waals surface area (Å²) in [6.45, 7) is 5.86. The monoisotopic (exact) mass is 374 g/mol. The first-order chi connectivity index (χ1) is 12.4. The van der Waals surface area contributed by atoms with Gasteiger partial charge in [0.2, 0.25) is 0 Å². The fraction of sp³-hybridized carbons (Fsp3) is 0.421. The Hall–Kier alpha value is -2.34. The Balaban J connectivity index is 1.65. The molecule has 2 aromatic rings. The van der Waals surface area contributed by atoms with Crippen LogP contribution in [0.5, 0.6) is 0 Å². The van der Waals surface area contributed by atoms with Gasteiger partial charge in [-0.3, -0.25) is 14.3 Å². The van der Waals surface area contributed by atoms with Crippen molar-refractivity contribution in [2.24, 2.45) is 7.05 Å². The lowest BCUT2D eigenvalue weighted by molar-refractivity contribution is 0.0535. The van der Waals surface area contributed by atoms with E-state index in [0.29, 0.717) is 48.2 Å². The maximum absolute atomic E-state index is 12.8. The van der Waals surface area contributed by atoms with Crippen LogP contribution in [-0.4, -0.2) is 57.6 Å². The molecule has 1 saturated heterocycles. The van der Waals surface area contributed by atoms with E-state index in [4.69, 9.17) is 11.6 Å². The Labute approximate surface area is 158 Å². The maximum atomic E-state index is 12.8. The minimum atomic E-state index is -0.125. The van der Waals surface area contributed by atoms with Crippen molar-refractivity contribution in [3.05, 3.63) is 51.8 Å². The van der Waals surface area contributed by atoms with Gasteiger partial charge >= 0.3 is 0 Å². The number of carbonyl (C=O) groups excluding carboxylic acids is 2. The molecule has 2 heterocycles. The lowest BCUT2D eigenvalue weighted by atomic mass is 10.1. The molecule has 3 rings (SSSR count). The van der Waals surface area contributed by atoms with Crippen LogP contribution in [0.25, 0.3) is 0 Å². The second kappa shape index (κ2) is 7.50. The van der Waals surface area contributed by atoms with E-state index in [9.17, 15) is 9.59 Å². The van der Waals surface area contributed by atoms with Gasteiger partial charge < -0.3 is 9.80 Å². The van der Waals surface area contributed by atoms with Gasteiger partial charge in [0.15, 0.2) is 0 Å². The topological polar surface area (TPSA) is 58.4 Å². The van der Waals surface area contributed by atoms with E-state index in [0.717, 1.165) is 6.42 Å². The molecular formula is C19H23ClN4O2. The Kier molecular flexibility index (Phi) is 5.32. The molecule has 138 valence electrons. The Morgan fingerprint density at radius 3 is 2.04 bits per heavy atom. The van der Waals surface area contributed by atoms with Gasteiger partial charge in [0, 0.05) is 38.8 Å². The van der Waals surface area contributed by atoms with Crippen molar-refractivity contribution in [2.45, 2.75) is 20.3 Å². The van der Waals surface area contributed by atoms with E-state index in [2.05, 4.69) is 12.0 Å². The van der Waals surface area contributed by atoms with Crippen molar-refractivity contribution in [3.8, 4) is 0 Å². The standard InChI is InChI=1S/C19H23ClN4O2/c1-4-14-5-7-15(8-6-14)18(25)23-9-11-24(12-10-23)19(26)16-13(2)21-22(3)17(16)20/h5-8H,4,9-12H2,1-3H3. The molecule has 0 bridgehead atoms. The highest BCUT2D eigenvalue weighted by molar-refractivity contribution is 6.33. The van der Waals surface area contributed by atoms with Crippen LogP contribution >= 0.6 is 11.6 Å². The van der Waals surface area contributed by atoms with E-state index in [1.165, 1.54) is 10.2 Å². The third-order valence-corrected chi connectivity index (χ3v) is 5.26. The van der Waals surface area contributed by atoms with Gasteiger partial charge in [-0.05, 0) is 31.0 Å². The number of nitrogens with zero attached hydrogens (tertiary/aromatic N) is 4. The minimum Gasteiger partial charge on any atom is -0.335 e. The van der Waals surface area contributed by atoms with Crippen LogP contribution < -0.4 is 0 Å². The highest BCUT2D eigenvalue weighted by Crippen LogP contribution is 2.21. The summed E-state index contributed by atoms with van der Waals surface area (Å²) in [5.74, 6) is -0.115. The van der Waals surface area contributed by atoms with Crippen LogP contribution in [0.1, 0.15) is 38.9 Å². The van der Waals surface area contributed by atoms with Gasteiger partial charge in [-0.25, -0.2) is 0 Å². The first kappa shape index (κ1) is 18.5. The molecule has 1 aliphatic heterocycles. The SMILES string of the molecule is CCc1ccc(C(=O)N2CCN(C(=O)c3c(C)nn(C)c3Cl)CC2)cc1. The van der Waals surface area contributed by atoms with Crippen molar-refractivity contribution in [3.63, 3.8) is 0 Å². The molecule has 2 amide bonds. The summed E-state index contributed by atoms with van der Waals surface area (Å²) in [6.07, 6.45) is 0.950. The lowest BCUT2D eigenvalue weighted by Crippen LogP contribution is -2.50. The molecule has 26 heavy (non-hydrogen) atoms. The predicted molar refractivity (Wildman–Crippen MR) is 101 cm³/mol. The molecule has 0 unspecified atom stereocenters. The first-order valence-corrected chi connectivity index (χ1v) is 9.16. The largest absolute Gasteiger partial charge is 0.335 e. The molecule has 1 aliphatic rings. The summed E-state index contributed by atoms with van der Waals surface area (Å²) in [5.41, 5.74) is 2.97. The van der Waals surface area contributed by atoms with E-state index in [1.807, 2.05) is 24.3 Å². The average Bonchev–Trinajstić information content (AvgIpc) is 2.92. The number of aryl methyl sites for hydroxylation is 3. The lowest BCUT2D eigenvalue weighted by Gasteiger charge is -2.34. The zero-order valence-electron chi connectivity index (χ0n) is 15.3. The molecule has 1 fully saturated rings. The molecule has 0 aliphatic carbocycles. The third-order valence-electron chi connectivity index (χ3n) is 4.83. The second-order valence-electron chi connectivity index (χ2n) is 6.51. The maximum Gasteiger partial charge on any atom is 0.259 e. The Morgan fingerprint density at radius 1 is 1.04 bits per heavy atom. The molecule has 0 spiro atoms. The van der Waals surface area contributed by atoms with Crippen LogP contribution in [-0.2, 0) is 13.5 Å². The van der Waals surface area contributed by atoms with Crippen molar-refractivity contribution in [2.75, 3.05) is 26.2 Å². The molecule has 1 aromatic heterocycles. The zero-order valence-corrected chi connectivity index (χ0v) is 16.1. The number of hydrogen-bond acceptors (Lipinski definition) is 3. The van der Waals surface area contributed by atoms with Crippen molar-refractivity contribution >= 4 is 23.4 Å². The molecule has 0 saturated carbocycles. The van der Waals surface area contributed by atoms with Gasteiger partial charge in [-0.15, -0.1) is 0 Å². The summed E-state index contributed by atoms with van der Waals surface area (Å²) in [4.78, 5) is 28.9. The molecule has 7 heteroatoms. The zero-order chi connectivity index (χ0) is 18.8. The highest BCUT2D eigenvalue weighted by atomic mass is 35.5. The van der Waals surface area contributed by atoms with E-state index in [1.54, 1.807) is 23.8 Å². The second-order valence-corrected chi connectivity index (χ2v) is 6.87. The Bertz CT molecular complexity index is 821. The van der Waals surface area contributed by atoms with Gasteiger partial charge in [0.1, 0.15) is 5.15 Å². The van der Waals surface area contributed by atoms with Crippen molar-refractivity contribution in [1.82, 2.24) is 19.6 Å². The molecule has 0 radical (unpaired) electrons. The smallest absolute Gasteiger partial charge is 0.259 e. The van der Waals surface area contributed by atoms with Crippen LogP contribution in [0.15, 0.2) is 24.3 Å². The van der Waals surface area contributed by atoms with Crippen molar-refractivity contribution in [1.29, 1.82) is 0 Å². The van der Waals surface area contributed by atoms with Crippen LogP contribution in [0.4, 0.5) is 0 Å². The molecule has 0 atom stereocenters. The first-order valence-electron chi connectivity index (χ1n) is 8.79. The van der Waals surface area contributed by atoms with E-state index < -0.39 is 0 Å². The normalized spacial score (nSPS) is 14.6. The average molecular weight is 375 g/mol. The van der Waals surface area contributed by atoms with Crippen LogP contribution in [0.3, 0.4) is 0 Å². The number of piperazine rings is 1. The summed E-state index contributed by atoms with van der Waals surface area (Å²) < 4.78 is 1.50. The van der Waals surface area contributed by atoms with E-state index >= 15 is 0 Å². The summed E-state index contributed by atoms with van der Waals surface area (Å²) in [6, 6.07) is 7.72. The van der Waals surface area contributed by atoms with Gasteiger partial charge in [-0.2, -0.15) is 5.10 Å². The van der Waals surface area contributed by atoms with Crippen LogP contribution in [0.2, 0.25) is 5.15 Å². The number of carbonyl (C=O) groups is 2. The van der Waals surface area contributed by atoms with Crippen molar-refractivity contribution < 1.29 is 9.59 Å². The fourth-order valence-corrected chi connectivity index (χ4v) is 3.46. The number of benzene rings is 1. The van der Waals surface area contributed by atoms with Crippen LogP contribution in [0, 0.1) is 6.92 Å². The summed E-state index contributed by atoms with van der Waals surface area (Å²) in [7, 11) is 1.71. The van der Waals surface area contributed by atoms with Gasteiger partial charge in [-0.1, -0.05) is 30.7 Å². The number of rotatable bonds is 3. The number of halogens is 1. The summed E-state index contributed by atoms with van der Waals surface area (Å²) >= 11 is 6.20. The molecule has 0 N–H and O–H groups in total. The fourth-order valence-electron chi connectivity index (χ4n) is 3.21. The number of amides is 2. The van der Waals surface area contributed by atoms with Gasteiger partial charge in [0.05, 0.1) is 11.3 Å². The quantitative estimate of drug-likeness (QED) is 0.829. The minimum absolute atomic E-state index is 0.00958. The molecule has 1 aromatic carbocycles. The predicted octanol–water partition coefficient (Wildman–Crippen LogP) is 2.54. The highest BCUT2D eigenvalue weighted by Gasteiger charge is 2.29.